The van der Waals surface area contributed by atoms with Crippen LogP contribution in [0.4, 0.5) is 0 Å². The van der Waals surface area contributed by atoms with Crippen molar-refractivity contribution in [3.05, 3.63) is 48.8 Å². The van der Waals surface area contributed by atoms with Gasteiger partial charge in [0.2, 0.25) is 0 Å². The van der Waals surface area contributed by atoms with E-state index >= 15 is 0 Å². The van der Waals surface area contributed by atoms with Crippen molar-refractivity contribution in [1.29, 1.82) is 0 Å². The molecule has 96 valence electrons. The van der Waals surface area contributed by atoms with Gasteiger partial charge < -0.3 is 5.11 Å². The second-order valence-electron chi connectivity index (χ2n) is 4.14. The molecule has 0 fully saturated rings. The van der Waals surface area contributed by atoms with E-state index in [9.17, 15) is 5.11 Å². The molecule has 0 aliphatic heterocycles. The predicted molar refractivity (Wildman–Crippen MR) is 79.4 cm³/mol. The van der Waals surface area contributed by atoms with Crippen LogP contribution in [-0.4, -0.2) is 10.1 Å². The quantitative estimate of drug-likeness (QED) is 0.890. The number of aromatic nitrogens is 1. The molecule has 1 N–H and O–H groups in total. The minimum atomic E-state index is -0.552. The van der Waals surface area contributed by atoms with Crippen molar-refractivity contribution in [2.75, 3.05) is 0 Å². The highest BCUT2D eigenvalue weighted by Gasteiger charge is 2.13. The van der Waals surface area contributed by atoms with Gasteiger partial charge in [0.05, 0.1) is 21.8 Å². The maximum atomic E-state index is 10.2. The van der Waals surface area contributed by atoms with Crippen LogP contribution in [0.25, 0.3) is 0 Å². The van der Waals surface area contributed by atoms with Crippen LogP contribution in [0.5, 0.6) is 0 Å². The zero-order valence-corrected chi connectivity index (χ0v) is 13.2. The molecule has 1 aromatic heterocycles. The molecule has 0 radical (unpaired) electrons. The molecule has 18 heavy (non-hydrogen) atoms. The summed E-state index contributed by atoms with van der Waals surface area (Å²) in [6.07, 6.45) is -0.0172. The van der Waals surface area contributed by atoms with Crippen LogP contribution in [0, 0.1) is 13.8 Å². The Bertz CT molecular complexity index is 551. The van der Waals surface area contributed by atoms with Crippen molar-refractivity contribution >= 4 is 38.9 Å². The lowest BCUT2D eigenvalue weighted by Gasteiger charge is -2.10. The zero-order valence-electron chi connectivity index (χ0n) is 10.1. The third-order valence-corrected chi connectivity index (χ3v) is 5.08. The van der Waals surface area contributed by atoms with E-state index in [1.54, 1.807) is 17.4 Å². The number of hydrogen-bond donors (Lipinski definition) is 1. The van der Waals surface area contributed by atoms with Gasteiger partial charge in [-0.05, 0) is 47.5 Å². The lowest BCUT2D eigenvalue weighted by Crippen LogP contribution is -2.01. The fraction of sp³-hybridized carbons (Fsp3) is 0.308. The monoisotopic (exact) mass is 345 g/mol. The molecule has 2 aromatic rings. The Labute approximate surface area is 124 Å². The first-order valence-electron chi connectivity index (χ1n) is 5.53. The molecule has 0 aliphatic carbocycles. The molecule has 1 heterocycles. The molecule has 2 nitrogen and oxygen atoms in total. The van der Waals surface area contributed by atoms with Gasteiger partial charge in [0, 0.05) is 15.8 Å². The average Bonchev–Trinajstić information content (AvgIpc) is 2.61. The molecule has 0 spiro atoms. The van der Waals surface area contributed by atoms with E-state index in [1.807, 2.05) is 26.0 Å². The molecule has 0 amide bonds. The normalized spacial score (nSPS) is 12.7. The van der Waals surface area contributed by atoms with Crippen LogP contribution >= 0.6 is 38.9 Å². The van der Waals surface area contributed by atoms with Crippen molar-refractivity contribution in [3.8, 4) is 0 Å². The summed E-state index contributed by atoms with van der Waals surface area (Å²) in [7, 11) is 0. The second-order valence-corrected chi connectivity index (χ2v) is 6.69. The summed E-state index contributed by atoms with van der Waals surface area (Å²) >= 11 is 10.9. The first-order chi connectivity index (χ1) is 8.47. The molecule has 5 heteroatoms. The van der Waals surface area contributed by atoms with Gasteiger partial charge >= 0.3 is 0 Å². The van der Waals surface area contributed by atoms with Gasteiger partial charge in [-0.1, -0.05) is 17.7 Å². The summed E-state index contributed by atoms with van der Waals surface area (Å²) in [4.78, 5) is 5.64. The standard InChI is InChI=1S/C13H13BrClNOS/c1-7-8(2)18-13(16-7)6-12(17)9-3-4-11(15)10(14)5-9/h3-5,12,17H,6H2,1-2H3. The number of halogens is 2. The van der Waals surface area contributed by atoms with E-state index in [0.717, 1.165) is 20.7 Å². The van der Waals surface area contributed by atoms with E-state index in [4.69, 9.17) is 11.6 Å². The SMILES string of the molecule is Cc1nc(CC(O)c2ccc(Cl)c(Br)c2)sc1C. The molecule has 1 aromatic carbocycles. The molecular formula is C13H13BrClNOS. The maximum absolute atomic E-state index is 10.2. The highest BCUT2D eigenvalue weighted by atomic mass is 79.9. The smallest absolute Gasteiger partial charge is 0.0960 e. The Morgan fingerprint density at radius 2 is 2.17 bits per heavy atom. The highest BCUT2D eigenvalue weighted by molar-refractivity contribution is 9.10. The lowest BCUT2D eigenvalue weighted by atomic mass is 10.1. The number of hydrogen-bond acceptors (Lipinski definition) is 3. The fourth-order valence-corrected chi connectivity index (χ4v) is 3.11. The Balaban J connectivity index is 2.16. The first-order valence-corrected chi connectivity index (χ1v) is 7.52. The molecule has 0 saturated heterocycles. The van der Waals surface area contributed by atoms with Crippen LogP contribution in [0.15, 0.2) is 22.7 Å². The number of nitrogens with zero attached hydrogens (tertiary/aromatic N) is 1. The number of thiazole rings is 1. The van der Waals surface area contributed by atoms with Gasteiger partial charge in [0.15, 0.2) is 0 Å². The van der Waals surface area contributed by atoms with E-state index in [-0.39, 0.29) is 0 Å². The number of aliphatic hydroxyl groups is 1. The number of aliphatic hydroxyl groups excluding tert-OH is 1. The van der Waals surface area contributed by atoms with Crippen molar-refractivity contribution in [2.45, 2.75) is 26.4 Å². The van der Waals surface area contributed by atoms with Crippen LogP contribution in [0.2, 0.25) is 5.02 Å². The number of benzene rings is 1. The van der Waals surface area contributed by atoms with Gasteiger partial charge in [-0.2, -0.15) is 0 Å². The summed E-state index contributed by atoms with van der Waals surface area (Å²) < 4.78 is 0.798. The third-order valence-electron chi connectivity index (χ3n) is 2.77. The van der Waals surface area contributed by atoms with Gasteiger partial charge in [-0.3, -0.25) is 0 Å². The maximum Gasteiger partial charge on any atom is 0.0960 e. The Morgan fingerprint density at radius 1 is 1.44 bits per heavy atom. The van der Waals surface area contributed by atoms with E-state index in [0.29, 0.717) is 11.4 Å². The molecule has 0 aliphatic rings. The van der Waals surface area contributed by atoms with Gasteiger partial charge in [-0.15, -0.1) is 11.3 Å². The van der Waals surface area contributed by atoms with Crippen molar-refractivity contribution < 1.29 is 5.11 Å². The van der Waals surface area contributed by atoms with Crippen LogP contribution in [0.3, 0.4) is 0 Å². The van der Waals surface area contributed by atoms with Crippen molar-refractivity contribution in [3.63, 3.8) is 0 Å². The fourth-order valence-electron chi connectivity index (χ4n) is 1.63. The summed E-state index contributed by atoms with van der Waals surface area (Å²) in [5.41, 5.74) is 1.89. The van der Waals surface area contributed by atoms with Crippen molar-refractivity contribution in [1.82, 2.24) is 4.98 Å². The number of rotatable bonds is 3. The van der Waals surface area contributed by atoms with E-state index in [1.165, 1.54) is 4.88 Å². The molecule has 0 bridgehead atoms. The predicted octanol–water partition coefficient (Wildman–Crippen LogP) is 4.45. The second kappa shape index (κ2) is 5.70. The first kappa shape index (κ1) is 14.0. The molecule has 2 rings (SSSR count). The topological polar surface area (TPSA) is 33.1 Å². The van der Waals surface area contributed by atoms with Gasteiger partial charge in [0.1, 0.15) is 0 Å². The van der Waals surface area contributed by atoms with E-state index in [2.05, 4.69) is 20.9 Å². The van der Waals surface area contributed by atoms with E-state index < -0.39 is 6.10 Å². The largest absolute Gasteiger partial charge is 0.388 e. The Morgan fingerprint density at radius 3 is 2.72 bits per heavy atom. The third kappa shape index (κ3) is 3.12. The Kier molecular flexibility index (Phi) is 4.43. The summed E-state index contributed by atoms with van der Waals surface area (Å²) in [6.45, 7) is 4.03. The van der Waals surface area contributed by atoms with Crippen molar-refractivity contribution in [2.24, 2.45) is 0 Å². The molecule has 0 saturated carbocycles. The van der Waals surface area contributed by atoms with Gasteiger partial charge in [-0.25, -0.2) is 4.98 Å². The lowest BCUT2D eigenvalue weighted by molar-refractivity contribution is 0.178. The summed E-state index contributed by atoms with van der Waals surface area (Å²) in [5.74, 6) is 0. The molecular weight excluding hydrogens is 334 g/mol. The van der Waals surface area contributed by atoms with Crippen LogP contribution < -0.4 is 0 Å². The van der Waals surface area contributed by atoms with Gasteiger partial charge in [0.25, 0.3) is 0 Å². The van der Waals surface area contributed by atoms with Crippen LogP contribution in [0.1, 0.15) is 27.2 Å². The average molecular weight is 347 g/mol. The number of aryl methyl sites for hydroxylation is 2. The minimum Gasteiger partial charge on any atom is -0.388 e. The highest BCUT2D eigenvalue weighted by Crippen LogP contribution is 2.28. The summed E-state index contributed by atoms with van der Waals surface area (Å²) in [6, 6.07) is 5.47. The van der Waals surface area contributed by atoms with Crippen LogP contribution in [-0.2, 0) is 6.42 Å². The molecule has 1 atom stereocenters. The zero-order chi connectivity index (χ0) is 13.3. The molecule has 1 unspecified atom stereocenters. The Hall–Kier alpha value is -0.420. The summed E-state index contributed by atoms with van der Waals surface area (Å²) in [5, 5.41) is 11.8. The minimum absolute atomic E-state index is 0.535.